The highest BCUT2D eigenvalue weighted by atomic mass is 32.2. The molecule has 0 saturated heterocycles. The van der Waals surface area contributed by atoms with Crippen LogP contribution in [0.25, 0.3) is 28.1 Å². The Morgan fingerprint density at radius 2 is 1.89 bits per heavy atom. The third-order valence-electron chi connectivity index (χ3n) is 5.50. The van der Waals surface area contributed by atoms with Gasteiger partial charge in [-0.1, -0.05) is 13.8 Å². The van der Waals surface area contributed by atoms with Gasteiger partial charge in [0.05, 0.1) is 23.0 Å². The molecule has 0 unspecified atom stereocenters. The zero-order chi connectivity index (χ0) is 25.7. The van der Waals surface area contributed by atoms with Crippen LogP contribution in [0.15, 0.2) is 23.5 Å². The minimum atomic E-state index is -4.67. The van der Waals surface area contributed by atoms with Crippen molar-refractivity contribution < 1.29 is 26.4 Å². The Morgan fingerprint density at radius 3 is 2.51 bits per heavy atom. The molecule has 4 rings (SSSR count). The fourth-order valence-electron chi connectivity index (χ4n) is 3.67. The lowest BCUT2D eigenvalue weighted by Crippen LogP contribution is -2.27. The van der Waals surface area contributed by atoms with E-state index < -0.39 is 27.6 Å². The minimum absolute atomic E-state index is 0.0105. The van der Waals surface area contributed by atoms with E-state index in [1.54, 1.807) is 6.92 Å². The summed E-state index contributed by atoms with van der Waals surface area (Å²) >= 11 is 0. The van der Waals surface area contributed by atoms with Gasteiger partial charge in [-0.05, 0) is 25.0 Å². The number of aryl methyl sites for hydroxylation is 2. The molecule has 0 aliphatic carbocycles. The first-order chi connectivity index (χ1) is 16.4. The number of carbonyl (C=O) groups excluding carboxylic acids is 1. The van der Waals surface area contributed by atoms with Crippen molar-refractivity contribution in [1.82, 2.24) is 34.4 Å². The molecule has 4 aromatic rings. The van der Waals surface area contributed by atoms with E-state index in [4.69, 9.17) is 0 Å². The molecular weight excluding hydrogens is 487 g/mol. The molecule has 10 nitrogen and oxygen atoms in total. The van der Waals surface area contributed by atoms with Gasteiger partial charge >= 0.3 is 6.18 Å². The number of imidazole rings is 1. The standard InChI is InChI=1S/C21H22F3N7O3S/c1-5-7-25-19(32)16-11(3)9-27-17-15(20(29-31(16)17)35(33,34)6-2)18-28-12-8-14(21(22,23)24)26-10-13(12)30(18)4/h8-10H,5-7H2,1-4H3,(H,25,32). The van der Waals surface area contributed by atoms with E-state index in [1.807, 2.05) is 6.92 Å². The number of aromatic nitrogens is 6. The van der Waals surface area contributed by atoms with Gasteiger partial charge in [0.1, 0.15) is 22.8 Å². The maximum atomic E-state index is 13.2. The smallest absolute Gasteiger partial charge is 0.351 e. The molecule has 0 bridgehead atoms. The Balaban J connectivity index is 2.07. The normalized spacial score (nSPS) is 12.5. The molecule has 0 atom stereocenters. The van der Waals surface area contributed by atoms with E-state index in [-0.39, 0.29) is 44.5 Å². The highest BCUT2D eigenvalue weighted by molar-refractivity contribution is 7.91. The van der Waals surface area contributed by atoms with Crippen LogP contribution in [0.1, 0.15) is 42.0 Å². The fraction of sp³-hybridized carbons (Fsp3) is 0.381. The first-order valence-corrected chi connectivity index (χ1v) is 12.3. The van der Waals surface area contributed by atoms with Crippen LogP contribution in [-0.4, -0.2) is 55.8 Å². The lowest BCUT2D eigenvalue weighted by molar-refractivity contribution is -0.141. The average molecular weight is 510 g/mol. The molecule has 4 heterocycles. The van der Waals surface area contributed by atoms with Gasteiger partial charge in [0.2, 0.25) is 0 Å². The van der Waals surface area contributed by atoms with Crippen molar-refractivity contribution in [2.45, 2.75) is 38.4 Å². The second kappa shape index (κ2) is 8.59. The number of carbonyl (C=O) groups is 1. The molecule has 0 spiro atoms. The number of nitrogens with zero attached hydrogens (tertiary/aromatic N) is 6. The van der Waals surface area contributed by atoms with Crippen molar-refractivity contribution in [3.8, 4) is 11.4 Å². The summed E-state index contributed by atoms with van der Waals surface area (Å²) in [7, 11) is -2.43. The number of halogens is 3. The monoisotopic (exact) mass is 509 g/mol. The number of nitrogens with one attached hydrogen (secondary N) is 1. The maximum absolute atomic E-state index is 13.2. The van der Waals surface area contributed by atoms with Crippen molar-refractivity contribution >= 4 is 32.4 Å². The number of fused-ring (bicyclic) bond motifs is 2. The first kappa shape index (κ1) is 24.6. The highest BCUT2D eigenvalue weighted by Gasteiger charge is 2.34. The third-order valence-corrected chi connectivity index (χ3v) is 7.14. The lowest BCUT2D eigenvalue weighted by Gasteiger charge is -2.08. The summed E-state index contributed by atoms with van der Waals surface area (Å²) < 4.78 is 68.1. The fourth-order valence-corrected chi connectivity index (χ4v) is 4.64. The summed E-state index contributed by atoms with van der Waals surface area (Å²) in [4.78, 5) is 25.0. The van der Waals surface area contributed by atoms with E-state index in [9.17, 15) is 26.4 Å². The van der Waals surface area contributed by atoms with Crippen molar-refractivity contribution in [2.24, 2.45) is 7.05 Å². The van der Waals surface area contributed by atoms with E-state index >= 15 is 0 Å². The van der Waals surface area contributed by atoms with Gasteiger partial charge in [0, 0.05) is 19.8 Å². The number of alkyl halides is 3. The van der Waals surface area contributed by atoms with Gasteiger partial charge in [-0.3, -0.25) is 4.79 Å². The molecule has 1 N–H and O–H groups in total. The number of hydrogen-bond acceptors (Lipinski definition) is 7. The van der Waals surface area contributed by atoms with Crippen LogP contribution in [-0.2, 0) is 23.1 Å². The Labute approximate surface area is 198 Å². The quantitative estimate of drug-likeness (QED) is 0.424. The SMILES string of the molecule is CCCNC(=O)c1c(C)cnc2c(-c3nc4cc(C(F)(F)F)ncc4n3C)c(S(=O)(=O)CC)nn12. The van der Waals surface area contributed by atoms with E-state index in [0.29, 0.717) is 18.5 Å². The van der Waals surface area contributed by atoms with E-state index in [0.717, 1.165) is 16.8 Å². The predicted octanol–water partition coefficient (Wildman–Crippen LogP) is 2.94. The van der Waals surface area contributed by atoms with Crippen LogP contribution < -0.4 is 5.32 Å². The number of rotatable bonds is 6. The van der Waals surface area contributed by atoms with Crippen molar-refractivity contribution in [1.29, 1.82) is 0 Å². The molecule has 0 radical (unpaired) electrons. The van der Waals surface area contributed by atoms with Crippen LogP contribution in [0.3, 0.4) is 0 Å². The highest BCUT2D eigenvalue weighted by Crippen LogP contribution is 2.35. The maximum Gasteiger partial charge on any atom is 0.433 e. The number of hydrogen-bond donors (Lipinski definition) is 1. The van der Waals surface area contributed by atoms with Crippen molar-refractivity contribution in [3.05, 3.63) is 35.4 Å². The van der Waals surface area contributed by atoms with Crippen LogP contribution in [0.5, 0.6) is 0 Å². The largest absolute Gasteiger partial charge is 0.433 e. The van der Waals surface area contributed by atoms with Gasteiger partial charge in [-0.2, -0.15) is 18.3 Å². The van der Waals surface area contributed by atoms with E-state index in [1.165, 1.54) is 24.7 Å². The molecule has 186 valence electrons. The second-order valence-corrected chi connectivity index (χ2v) is 10.1. The molecule has 14 heteroatoms. The number of amides is 1. The van der Waals surface area contributed by atoms with Crippen LogP contribution in [0, 0.1) is 6.92 Å². The summed E-state index contributed by atoms with van der Waals surface area (Å²) in [5.74, 6) is -0.737. The minimum Gasteiger partial charge on any atom is -0.351 e. The zero-order valence-corrected chi connectivity index (χ0v) is 20.1. The summed E-state index contributed by atoms with van der Waals surface area (Å²) in [6.45, 7) is 5.36. The van der Waals surface area contributed by atoms with Crippen molar-refractivity contribution in [3.63, 3.8) is 0 Å². The Kier molecular flexibility index (Phi) is 6.03. The Bertz CT molecular complexity index is 1570. The number of pyridine rings is 1. The Morgan fingerprint density at radius 1 is 1.17 bits per heavy atom. The molecule has 0 aliphatic rings. The zero-order valence-electron chi connectivity index (χ0n) is 19.3. The predicted molar refractivity (Wildman–Crippen MR) is 121 cm³/mol. The molecular formula is C21H22F3N7O3S. The summed E-state index contributed by atoms with van der Waals surface area (Å²) in [5, 5.41) is 6.62. The molecule has 0 fully saturated rings. The lowest BCUT2D eigenvalue weighted by atomic mass is 10.2. The summed E-state index contributed by atoms with van der Waals surface area (Å²) in [5.41, 5.74) is -0.321. The van der Waals surface area contributed by atoms with Crippen LogP contribution in [0.4, 0.5) is 13.2 Å². The summed E-state index contributed by atoms with van der Waals surface area (Å²) in [6.07, 6.45) is -1.55. The molecule has 4 aromatic heterocycles. The van der Waals surface area contributed by atoms with Crippen LogP contribution >= 0.6 is 0 Å². The second-order valence-electron chi connectivity index (χ2n) is 7.92. The third kappa shape index (κ3) is 4.11. The molecule has 1 amide bonds. The average Bonchev–Trinajstić information content (AvgIpc) is 3.34. The van der Waals surface area contributed by atoms with Gasteiger partial charge in [-0.25, -0.2) is 27.9 Å². The summed E-state index contributed by atoms with van der Waals surface area (Å²) in [6, 6.07) is 0.791. The van der Waals surface area contributed by atoms with Crippen LogP contribution in [0.2, 0.25) is 0 Å². The topological polar surface area (TPSA) is 124 Å². The van der Waals surface area contributed by atoms with Gasteiger partial charge in [0.25, 0.3) is 5.91 Å². The van der Waals surface area contributed by atoms with E-state index in [2.05, 4.69) is 25.4 Å². The first-order valence-electron chi connectivity index (χ1n) is 10.7. The number of sulfone groups is 1. The molecule has 35 heavy (non-hydrogen) atoms. The van der Waals surface area contributed by atoms with Gasteiger partial charge < -0.3 is 9.88 Å². The van der Waals surface area contributed by atoms with Crippen molar-refractivity contribution in [2.75, 3.05) is 12.3 Å². The molecule has 0 saturated carbocycles. The van der Waals surface area contributed by atoms with Gasteiger partial charge in [0.15, 0.2) is 20.5 Å². The molecule has 0 aromatic carbocycles. The van der Waals surface area contributed by atoms with Gasteiger partial charge in [-0.15, -0.1) is 0 Å². The Hall–Kier alpha value is -3.55. The molecule has 0 aliphatic heterocycles.